The number of ketones is 2. The SMILES string of the molecule is CC(=O)CCC(C)C.CC(C)CC(=O)CC(C)C. The van der Waals surface area contributed by atoms with E-state index in [1.165, 1.54) is 0 Å². The van der Waals surface area contributed by atoms with Gasteiger partial charge in [-0.3, -0.25) is 4.79 Å². The molecule has 0 rings (SSSR count). The topological polar surface area (TPSA) is 34.1 Å². The van der Waals surface area contributed by atoms with E-state index in [4.69, 9.17) is 0 Å². The zero-order chi connectivity index (χ0) is 14.7. The van der Waals surface area contributed by atoms with E-state index >= 15 is 0 Å². The molecule has 108 valence electrons. The highest BCUT2D eigenvalue weighted by molar-refractivity contribution is 5.78. The van der Waals surface area contributed by atoms with Gasteiger partial charge in [0.15, 0.2) is 0 Å². The second-order valence-corrected chi connectivity index (χ2v) is 6.37. The van der Waals surface area contributed by atoms with E-state index in [-0.39, 0.29) is 0 Å². The van der Waals surface area contributed by atoms with Crippen molar-refractivity contribution in [3.63, 3.8) is 0 Å². The third kappa shape index (κ3) is 20.7. The van der Waals surface area contributed by atoms with Gasteiger partial charge in [-0.2, -0.15) is 0 Å². The molecule has 0 saturated heterocycles. The van der Waals surface area contributed by atoms with Crippen LogP contribution in [0.5, 0.6) is 0 Å². The Morgan fingerprint density at radius 2 is 1.17 bits per heavy atom. The standard InChI is InChI=1S/C9H18O.C7H14O/c1-7(2)5-9(10)6-8(3)4;1-6(2)4-5-7(3)8/h7-8H,5-6H2,1-4H3;6H,4-5H2,1-3H3. The lowest BCUT2D eigenvalue weighted by molar-refractivity contribution is -0.120. The van der Waals surface area contributed by atoms with Crippen LogP contribution in [0.4, 0.5) is 0 Å². The molecular weight excluding hydrogens is 224 g/mol. The van der Waals surface area contributed by atoms with E-state index in [9.17, 15) is 9.59 Å². The Bertz CT molecular complexity index is 215. The largest absolute Gasteiger partial charge is 0.300 e. The summed E-state index contributed by atoms with van der Waals surface area (Å²) in [5.74, 6) is 2.42. The van der Waals surface area contributed by atoms with E-state index < -0.39 is 0 Å². The lowest BCUT2D eigenvalue weighted by atomic mass is 10.00. The van der Waals surface area contributed by atoms with E-state index in [0.717, 1.165) is 25.7 Å². The van der Waals surface area contributed by atoms with Gasteiger partial charge in [0.2, 0.25) is 0 Å². The summed E-state index contributed by atoms with van der Waals surface area (Å²) in [6.45, 7) is 14.2. The number of carbonyl (C=O) groups excluding carboxylic acids is 2. The Hall–Kier alpha value is -0.660. The minimum absolute atomic E-state index is 0.304. The van der Waals surface area contributed by atoms with Crippen LogP contribution in [-0.4, -0.2) is 11.6 Å². The third-order valence-corrected chi connectivity index (χ3v) is 2.35. The van der Waals surface area contributed by atoms with Gasteiger partial charge in [0, 0.05) is 19.3 Å². The molecule has 0 aliphatic rings. The van der Waals surface area contributed by atoms with Crippen LogP contribution in [0.3, 0.4) is 0 Å². The van der Waals surface area contributed by atoms with Gasteiger partial charge in [0.05, 0.1) is 0 Å². The Morgan fingerprint density at radius 3 is 1.33 bits per heavy atom. The summed E-state index contributed by atoms with van der Waals surface area (Å²) in [6, 6.07) is 0. The van der Waals surface area contributed by atoms with Crippen molar-refractivity contribution in [2.45, 2.75) is 74.1 Å². The van der Waals surface area contributed by atoms with Crippen LogP contribution in [0.25, 0.3) is 0 Å². The number of hydrogen-bond donors (Lipinski definition) is 0. The summed E-state index contributed by atoms with van der Waals surface area (Å²) in [5, 5.41) is 0. The van der Waals surface area contributed by atoms with Gasteiger partial charge in [-0.05, 0) is 31.1 Å². The van der Waals surface area contributed by atoms with E-state index in [0.29, 0.717) is 29.3 Å². The molecule has 0 unspecified atom stereocenters. The monoisotopic (exact) mass is 256 g/mol. The second-order valence-electron chi connectivity index (χ2n) is 6.37. The second kappa shape index (κ2) is 11.4. The molecule has 0 radical (unpaired) electrons. The van der Waals surface area contributed by atoms with Crippen molar-refractivity contribution >= 4 is 11.6 Å². The van der Waals surface area contributed by atoms with Crippen LogP contribution >= 0.6 is 0 Å². The van der Waals surface area contributed by atoms with Crippen molar-refractivity contribution in [3.05, 3.63) is 0 Å². The molecule has 0 atom stereocenters. The molecular formula is C16H32O2. The van der Waals surface area contributed by atoms with Crippen molar-refractivity contribution in [3.8, 4) is 0 Å². The number of Topliss-reactive ketones (excluding diaryl/α,β-unsaturated/α-hetero) is 2. The summed E-state index contributed by atoms with van der Waals surface area (Å²) in [7, 11) is 0. The van der Waals surface area contributed by atoms with Crippen LogP contribution in [0, 0.1) is 17.8 Å². The fourth-order valence-corrected chi connectivity index (χ4v) is 1.49. The Labute approximate surface area is 114 Å². The summed E-state index contributed by atoms with van der Waals surface area (Å²) >= 11 is 0. The van der Waals surface area contributed by atoms with E-state index in [2.05, 4.69) is 41.5 Å². The number of rotatable bonds is 7. The maximum absolute atomic E-state index is 11.1. The highest BCUT2D eigenvalue weighted by Gasteiger charge is 2.06. The molecule has 0 saturated carbocycles. The first-order valence-corrected chi connectivity index (χ1v) is 7.16. The van der Waals surface area contributed by atoms with Gasteiger partial charge in [-0.25, -0.2) is 0 Å². The van der Waals surface area contributed by atoms with Gasteiger partial charge in [0.25, 0.3) is 0 Å². The Balaban J connectivity index is 0. The molecule has 2 nitrogen and oxygen atoms in total. The highest BCUT2D eigenvalue weighted by atomic mass is 16.1. The molecule has 0 bridgehead atoms. The van der Waals surface area contributed by atoms with Crippen molar-refractivity contribution in [2.24, 2.45) is 17.8 Å². The zero-order valence-corrected chi connectivity index (χ0v) is 13.4. The molecule has 0 amide bonds. The molecule has 18 heavy (non-hydrogen) atoms. The Morgan fingerprint density at radius 1 is 0.778 bits per heavy atom. The molecule has 0 aliphatic carbocycles. The predicted octanol–water partition coefficient (Wildman–Crippen LogP) is 4.66. The van der Waals surface area contributed by atoms with Crippen molar-refractivity contribution < 1.29 is 9.59 Å². The summed E-state index contributed by atoms with van der Waals surface area (Å²) in [4.78, 5) is 21.4. The molecule has 0 heterocycles. The maximum atomic E-state index is 11.1. The van der Waals surface area contributed by atoms with Gasteiger partial charge in [0.1, 0.15) is 11.6 Å². The average molecular weight is 256 g/mol. The van der Waals surface area contributed by atoms with Crippen LogP contribution < -0.4 is 0 Å². The minimum atomic E-state index is 0.304. The fourth-order valence-electron chi connectivity index (χ4n) is 1.49. The molecule has 0 aromatic heterocycles. The molecule has 0 N–H and O–H groups in total. The molecule has 0 aromatic rings. The maximum Gasteiger partial charge on any atom is 0.133 e. The summed E-state index contributed by atoms with van der Waals surface area (Å²) in [5.41, 5.74) is 0. The molecule has 0 aromatic carbocycles. The molecule has 0 fully saturated rings. The third-order valence-electron chi connectivity index (χ3n) is 2.35. The van der Waals surface area contributed by atoms with Gasteiger partial charge < -0.3 is 4.79 Å². The number of carbonyl (C=O) groups is 2. The minimum Gasteiger partial charge on any atom is -0.300 e. The molecule has 0 spiro atoms. The highest BCUT2D eigenvalue weighted by Crippen LogP contribution is 2.07. The van der Waals surface area contributed by atoms with Crippen molar-refractivity contribution in [2.75, 3.05) is 0 Å². The first kappa shape index (κ1) is 19.7. The molecule has 2 heteroatoms. The van der Waals surface area contributed by atoms with E-state index in [1.807, 2.05) is 0 Å². The zero-order valence-electron chi connectivity index (χ0n) is 13.4. The number of hydrogen-bond acceptors (Lipinski definition) is 2. The first-order chi connectivity index (χ1) is 8.15. The summed E-state index contributed by atoms with van der Waals surface area (Å²) < 4.78 is 0. The van der Waals surface area contributed by atoms with Gasteiger partial charge >= 0.3 is 0 Å². The van der Waals surface area contributed by atoms with Gasteiger partial charge in [-0.15, -0.1) is 0 Å². The lowest BCUT2D eigenvalue weighted by Gasteiger charge is -2.05. The summed E-state index contributed by atoms with van der Waals surface area (Å²) in [6.07, 6.45) is 3.28. The van der Waals surface area contributed by atoms with Crippen molar-refractivity contribution in [1.29, 1.82) is 0 Å². The van der Waals surface area contributed by atoms with Crippen LogP contribution in [0.15, 0.2) is 0 Å². The predicted molar refractivity (Wildman–Crippen MR) is 78.7 cm³/mol. The van der Waals surface area contributed by atoms with Crippen LogP contribution in [0.2, 0.25) is 0 Å². The normalized spacial score (nSPS) is 10.6. The fraction of sp³-hybridized carbons (Fsp3) is 0.875. The van der Waals surface area contributed by atoms with Crippen LogP contribution in [-0.2, 0) is 9.59 Å². The van der Waals surface area contributed by atoms with Crippen molar-refractivity contribution in [1.82, 2.24) is 0 Å². The van der Waals surface area contributed by atoms with Gasteiger partial charge in [-0.1, -0.05) is 41.5 Å². The van der Waals surface area contributed by atoms with Crippen LogP contribution in [0.1, 0.15) is 74.1 Å². The lowest BCUT2D eigenvalue weighted by Crippen LogP contribution is -2.05. The Kier molecular flexibility index (Phi) is 12.5. The smallest absolute Gasteiger partial charge is 0.133 e. The first-order valence-electron chi connectivity index (χ1n) is 7.16. The average Bonchev–Trinajstić information content (AvgIpc) is 2.12. The quantitative estimate of drug-likeness (QED) is 0.664. The van der Waals surface area contributed by atoms with E-state index in [1.54, 1.807) is 6.92 Å². The molecule has 0 aliphatic heterocycles.